The van der Waals surface area contributed by atoms with E-state index in [-0.39, 0.29) is 28.5 Å². The number of hydrogen-bond donors (Lipinski definition) is 1. The lowest BCUT2D eigenvalue weighted by Gasteiger charge is -2.38. The summed E-state index contributed by atoms with van der Waals surface area (Å²) in [5, 5.41) is 9.69. The van der Waals surface area contributed by atoms with Gasteiger partial charge in [0.25, 0.3) is 0 Å². The fourth-order valence-corrected chi connectivity index (χ4v) is 4.81. The highest BCUT2D eigenvalue weighted by Crippen LogP contribution is 2.31. The van der Waals surface area contributed by atoms with Crippen molar-refractivity contribution in [2.24, 2.45) is 5.92 Å². The molecule has 1 aromatic rings. The molecule has 2 rings (SSSR count). The van der Waals surface area contributed by atoms with Crippen LogP contribution in [0, 0.1) is 5.92 Å². The largest absolute Gasteiger partial charge is 0.395 e. The summed E-state index contributed by atoms with van der Waals surface area (Å²) < 4.78 is 26.7. The summed E-state index contributed by atoms with van der Waals surface area (Å²) in [5.74, 6) is 0.149. The van der Waals surface area contributed by atoms with Gasteiger partial charge in [0.05, 0.1) is 17.7 Å². The molecule has 0 aliphatic carbocycles. The molecule has 1 aromatic carbocycles. The summed E-state index contributed by atoms with van der Waals surface area (Å²) in [5.41, 5.74) is 0. The Morgan fingerprint density at radius 2 is 2.11 bits per heavy atom. The molecular weight excluding hydrogens is 286 g/mol. The van der Waals surface area contributed by atoms with Crippen molar-refractivity contribution in [2.75, 3.05) is 13.2 Å². The molecule has 1 aliphatic heterocycles. The highest BCUT2D eigenvalue weighted by molar-refractivity contribution is 7.89. The van der Waals surface area contributed by atoms with Crippen molar-refractivity contribution in [3.8, 4) is 0 Å². The van der Waals surface area contributed by atoms with Gasteiger partial charge < -0.3 is 5.11 Å². The minimum absolute atomic E-state index is 0.115. The van der Waals surface area contributed by atoms with Crippen LogP contribution in [0.4, 0.5) is 0 Å². The van der Waals surface area contributed by atoms with Crippen LogP contribution in [-0.2, 0) is 10.0 Å². The van der Waals surface area contributed by atoms with Crippen LogP contribution < -0.4 is 0 Å². The van der Waals surface area contributed by atoms with E-state index in [9.17, 15) is 13.5 Å². The van der Waals surface area contributed by atoms with Crippen LogP contribution in [0.5, 0.6) is 0 Å². The minimum Gasteiger partial charge on any atom is -0.395 e. The maximum absolute atomic E-state index is 12.7. The van der Waals surface area contributed by atoms with Crippen molar-refractivity contribution in [2.45, 2.75) is 30.7 Å². The van der Waals surface area contributed by atoms with Crippen molar-refractivity contribution >= 4 is 21.6 Å². The third kappa shape index (κ3) is 2.79. The first-order chi connectivity index (χ1) is 8.98. The third-order valence-electron chi connectivity index (χ3n) is 3.68. The molecule has 1 saturated heterocycles. The molecule has 0 amide bonds. The first-order valence-electron chi connectivity index (χ1n) is 6.35. The highest BCUT2D eigenvalue weighted by Gasteiger charge is 2.37. The van der Waals surface area contributed by atoms with Gasteiger partial charge in [-0.3, -0.25) is 0 Å². The average Bonchev–Trinajstić information content (AvgIpc) is 2.38. The van der Waals surface area contributed by atoms with Crippen LogP contribution in [-0.4, -0.2) is 37.0 Å². The van der Waals surface area contributed by atoms with Gasteiger partial charge in [-0.15, -0.1) is 0 Å². The summed E-state index contributed by atoms with van der Waals surface area (Å²) >= 11 is 5.99. The summed E-state index contributed by atoms with van der Waals surface area (Å²) in [4.78, 5) is 0.115. The summed E-state index contributed by atoms with van der Waals surface area (Å²) in [6.07, 6.45) is 1.74. The zero-order valence-electron chi connectivity index (χ0n) is 10.8. The van der Waals surface area contributed by atoms with Gasteiger partial charge in [-0.2, -0.15) is 4.31 Å². The minimum atomic E-state index is -3.65. The number of sulfonamides is 1. The van der Waals surface area contributed by atoms with Crippen molar-refractivity contribution in [3.63, 3.8) is 0 Å². The van der Waals surface area contributed by atoms with Crippen molar-refractivity contribution < 1.29 is 13.5 Å². The van der Waals surface area contributed by atoms with Gasteiger partial charge in [0.15, 0.2) is 0 Å². The van der Waals surface area contributed by atoms with E-state index in [0.717, 1.165) is 12.8 Å². The van der Waals surface area contributed by atoms with E-state index in [0.29, 0.717) is 6.54 Å². The first-order valence-corrected chi connectivity index (χ1v) is 8.17. The van der Waals surface area contributed by atoms with Crippen LogP contribution in [0.15, 0.2) is 29.2 Å². The molecule has 0 bridgehead atoms. The second kappa shape index (κ2) is 5.79. The molecule has 2 unspecified atom stereocenters. The zero-order chi connectivity index (χ0) is 14.0. The van der Waals surface area contributed by atoms with Gasteiger partial charge in [0.1, 0.15) is 4.90 Å². The maximum Gasteiger partial charge on any atom is 0.244 e. The molecule has 19 heavy (non-hydrogen) atoms. The van der Waals surface area contributed by atoms with Crippen LogP contribution in [0.25, 0.3) is 0 Å². The molecule has 2 atom stereocenters. The van der Waals surface area contributed by atoms with E-state index in [1.54, 1.807) is 18.2 Å². The van der Waals surface area contributed by atoms with Crippen LogP contribution in [0.2, 0.25) is 5.02 Å². The van der Waals surface area contributed by atoms with E-state index < -0.39 is 10.0 Å². The lowest BCUT2D eigenvalue weighted by atomic mass is 9.93. The standard InChI is InChI=1S/C13H18ClNO3S/c1-10-5-4-8-15(12(10)9-16)19(17,18)13-7-3-2-6-11(13)14/h2-3,6-7,10,12,16H,4-5,8-9H2,1H3. The number of aliphatic hydroxyl groups is 1. The molecule has 6 heteroatoms. The fraction of sp³-hybridized carbons (Fsp3) is 0.538. The smallest absolute Gasteiger partial charge is 0.244 e. The number of rotatable bonds is 3. The molecule has 1 aliphatic rings. The molecule has 0 radical (unpaired) electrons. The Morgan fingerprint density at radius 1 is 1.42 bits per heavy atom. The van der Waals surface area contributed by atoms with E-state index in [1.165, 1.54) is 10.4 Å². The molecular formula is C13H18ClNO3S. The van der Waals surface area contributed by atoms with Gasteiger partial charge in [-0.25, -0.2) is 8.42 Å². The van der Waals surface area contributed by atoms with Crippen LogP contribution in [0.3, 0.4) is 0 Å². The summed E-state index contributed by atoms with van der Waals surface area (Å²) in [6.45, 7) is 2.24. The number of halogens is 1. The van der Waals surface area contributed by atoms with Crippen molar-refractivity contribution in [1.29, 1.82) is 0 Å². The molecule has 4 nitrogen and oxygen atoms in total. The normalized spacial score (nSPS) is 25.4. The monoisotopic (exact) mass is 303 g/mol. The maximum atomic E-state index is 12.7. The molecule has 1 fully saturated rings. The van der Waals surface area contributed by atoms with Gasteiger partial charge in [0, 0.05) is 6.54 Å². The number of nitrogens with zero attached hydrogens (tertiary/aromatic N) is 1. The fourth-order valence-electron chi connectivity index (χ4n) is 2.56. The molecule has 106 valence electrons. The zero-order valence-corrected chi connectivity index (χ0v) is 12.4. The number of hydrogen-bond acceptors (Lipinski definition) is 3. The Morgan fingerprint density at radius 3 is 2.74 bits per heavy atom. The van der Waals surface area contributed by atoms with Crippen LogP contribution in [0.1, 0.15) is 19.8 Å². The van der Waals surface area contributed by atoms with Crippen molar-refractivity contribution in [1.82, 2.24) is 4.31 Å². The molecule has 0 aromatic heterocycles. The Balaban J connectivity index is 2.41. The van der Waals surface area contributed by atoms with Gasteiger partial charge >= 0.3 is 0 Å². The quantitative estimate of drug-likeness (QED) is 0.930. The van der Waals surface area contributed by atoms with Crippen molar-refractivity contribution in [3.05, 3.63) is 29.3 Å². The predicted octanol–water partition coefficient (Wildman–Crippen LogP) is 2.12. The molecule has 0 saturated carbocycles. The molecule has 1 heterocycles. The number of piperidine rings is 1. The SMILES string of the molecule is CC1CCCN(S(=O)(=O)c2ccccc2Cl)C1CO. The van der Waals surface area contributed by atoms with Gasteiger partial charge in [0.2, 0.25) is 10.0 Å². The van der Waals surface area contributed by atoms with E-state index in [4.69, 9.17) is 11.6 Å². The summed E-state index contributed by atoms with van der Waals surface area (Å²) in [6, 6.07) is 6.06. The second-order valence-electron chi connectivity index (χ2n) is 4.92. The third-order valence-corrected chi connectivity index (χ3v) is 6.10. The Bertz CT molecular complexity index is 547. The second-order valence-corrected chi connectivity index (χ2v) is 7.18. The van der Waals surface area contributed by atoms with E-state index in [1.807, 2.05) is 6.92 Å². The number of benzene rings is 1. The van der Waals surface area contributed by atoms with Crippen LogP contribution >= 0.6 is 11.6 Å². The molecule has 0 spiro atoms. The molecule has 1 N–H and O–H groups in total. The van der Waals surface area contributed by atoms with Gasteiger partial charge in [-0.1, -0.05) is 30.7 Å². The average molecular weight is 304 g/mol. The summed E-state index contributed by atoms with van der Waals surface area (Å²) in [7, 11) is -3.65. The first kappa shape index (κ1) is 14.8. The number of aliphatic hydroxyl groups excluding tert-OH is 1. The lowest BCUT2D eigenvalue weighted by Crippen LogP contribution is -2.49. The topological polar surface area (TPSA) is 57.6 Å². The van der Waals surface area contributed by atoms with E-state index in [2.05, 4.69) is 0 Å². The Labute approximate surface area is 119 Å². The lowest BCUT2D eigenvalue weighted by molar-refractivity contribution is 0.113. The Kier molecular flexibility index (Phi) is 4.50. The van der Waals surface area contributed by atoms with E-state index >= 15 is 0 Å². The predicted molar refractivity (Wildman–Crippen MR) is 74.6 cm³/mol. The Hall–Kier alpha value is -0.620. The highest BCUT2D eigenvalue weighted by atomic mass is 35.5. The van der Waals surface area contributed by atoms with Gasteiger partial charge in [-0.05, 0) is 30.9 Å².